The molecule has 0 aliphatic carbocycles. The summed E-state index contributed by atoms with van der Waals surface area (Å²) in [5.74, 6) is -5.97. The Balaban J connectivity index is 2.06. The van der Waals surface area contributed by atoms with Gasteiger partial charge in [-0.1, -0.05) is 0 Å². The maximum atomic E-state index is 12.9. The third-order valence-electron chi connectivity index (χ3n) is 4.03. The molecule has 0 unspecified atom stereocenters. The molecule has 2 aliphatic heterocycles. The minimum absolute atomic E-state index is 0.0973. The average molecular weight is 375 g/mol. The number of hydrogen-bond donors (Lipinski definition) is 2. The minimum Gasteiger partial charge on any atom is -0.444 e. The van der Waals surface area contributed by atoms with Gasteiger partial charge < -0.3 is 20.3 Å². The van der Waals surface area contributed by atoms with Gasteiger partial charge in [0.1, 0.15) is 11.6 Å². The number of nitrogens with zero attached hydrogens (tertiary/aromatic N) is 1. The average Bonchev–Trinajstić information content (AvgIpc) is 2.85. The summed E-state index contributed by atoms with van der Waals surface area (Å²) >= 11 is 0. The molecule has 2 aliphatic rings. The van der Waals surface area contributed by atoms with Crippen molar-refractivity contribution in [3.63, 3.8) is 0 Å². The van der Waals surface area contributed by atoms with Crippen molar-refractivity contribution in [2.45, 2.75) is 51.2 Å². The molecular formula is C16H23F2N3O5. The van der Waals surface area contributed by atoms with Crippen LogP contribution in [0.3, 0.4) is 0 Å². The highest BCUT2D eigenvalue weighted by Crippen LogP contribution is 2.27. The molecule has 8 nitrogen and oxygen atoms in total. The first-order valence-corrected chi connectivity index (χ1v) is 8.36. The van der Waals surface area contributed by atoms with Crippen molar-refractivity contribution >= 4 is 23.7 Å². The molecule has 0 spiro atoms. The van der Waals surface area contributed by atoms with Gasteiger partial charge in [0.25, 0.3) is 11.8 Å². The van der Waals surface area contributed by atoms with Gasteiger partial charge in [-0.05, 0) is 33.6 Å². The van der Waals surface area contributed by atoms with E-state index in [0.29, 0.717) is 13.0 Å². The van der Waals surface area contributed by atoms with E-state index < -0.39 is 54.4 Å². The van der Waals surface area contributed by atoms with Gasteiger partial charge in [-0.2, -0.15) is 0 Å². The topological polar surface area (TPSA) is 105 Å². The first-order chi connectivity index (χ1) is 11.9. The van der Waals surface area contributed by atoms with E-state index in [9.17, 15) is 28.0 Å². The van der Waals surface area contributed by atoms with Crippen LogP contribution >= 0.6 is 0 Å². The second-order valence-corrected chi connectivity index (χ2v) is 7.59. The summed E-state index contributed by atoms with van der Waals surface area (Å²) in [7, 11) is 0. The number of carbonyl (C=O) groups is 4. The van der Waals surface area contributed by atoms with E-state index in [1.807, 2.05) is 0 Å². The lowest BCUT2D eigenvalue weighted by Crippen LogP contribution is -2.62. The SMILES string of the molecule is CC(C)(C)OC(=O)N[C@@H](C[C@@H]1CCNC1=O)C(=O)C(=O)N1CC(F)(F)C1. The summed E-state index contributed by atoms with van der Waals surface area (Å²) in [5.41, 5.74) is -0.827. The summed E-state index contributed by atoms with van der Waals surface area (Å²) in [4.78, 5) is 49.0. The Labute approximate surface area is 149 Å². The molecule has 3 amide bonds. The van der Waals surface area contributed by atoms with Crippen LogP contribution in [0, 0.1) is 5.92 Å². The molecule has 0 radical (unpaired) electrons. The molecule has 2 N–H and O–H groups in total. The van der Waals surface area contributed by atoms with Crippen molar-refractivity contribution in [1.29, 1.82) is 0 Å². The number of ketones is 1. The highest BCUT2D eigenvalue weighted by molar-refractivity contribution is 6.38. The Morgan fingerprint density at radius 2 is 1.96 bits per heavy atom. The molecule has 0 aromatic carbocycles. The molecule has 2 heterocycles. The van der Waals surface area contributed by atoms with E-state index in [0.717, 1.165) is 4.90 Å². The van der Waals surface area contributed by atoms with Crippen molar-refractivity contribution in [1.82, 2.24) is 15.5 Å². The van der Waals surface area contributed by atoms with E-state index in [1.165, 1.54) is 0 Å². The molecule has 2 rings (SSSR count). The maximum absolute atomic E-state index is 12.9. The standard InChI is InChI=1S/C16H23F2N3O5/c1-15(2,3)26-14(25)20-10(6-9-4-5-19-12(9)23)11(22)13(24)21-7-16(17,18)8-21/h9-10H,4-8H2,1-3H3,(H,19,23)(H,20,25)/t9-,10-/m0/s1. The van der Waals surface area contributed by atoms with Crippen molar-refractivity contribution in [3.05, 3.63) is 0 Å². The molecule has 0 aromatic heterocycles. The van der Waals surface area contributed by atoms with Gasteiger partial charge in [0.15, 0.2) is 0 Å². The van der Waals surface area contributed by atoms with Crippen molar-refractivity contribution in [2.24, 2.45) is 5.92 Å². The third kappa shape index (κ3) is 5.12. The number of carbonyl (C=O) groups excluding carboxylic acids is 4. The lowest BCUT2D eigenvalue weighted by molar-refractivity contribution is -0.170. The zero-order chi connectivity index (χ0) is 19.7. The van der Waals surface area contributed by atoms with E-state index in [4.69, 9.17) is 4.74 Å². The molecule has 0 bridgehead atoms. The Bertz CT molecular complexity index is 609. The largest absolute Gasteiger partial charge is 0.444 e. The van der Waals surface area contributed by atoms with Crippen LogP contribution in [0.5, 0.6) is 0 Å². The third-order valence-corrected chi connectivity index (χ3v) is 4.03. The number of alkyl carbamates (subject to hydrolysis) is 1. The number of nitrogens with one attached hydrogen (secondary N) is 2. The smallest absolute Gasteiger partial charge is 0.408 e. The van der Waals surface area contributed by atoms with Crippen molar-refractivity contribution < 1.29 is 32.7 Å². The molecule has 2 fully saturated rings. The Hall–Kier alpha value is -2.26. The van der Waals surface area contributed by atoms with Crippen LogP contribution in [0.25, 0.3) is 0 Å². The maximum Gasteiger partial charge on any atom is 0.408 e. The van der Waals surface area contributed by atoms with Gasteiger partial charge in [-0.15, -0.1) is 0 Å². The Morgan fingerprint density at radius 3 is 2.42 bits per heavy atom. The van der Waals surface area contributed by atoms with Crippen molar-refractivity contribution in [2.75, 3.05) is 19.6 Å². The summed E-state index contributed by atoms with van der Waals surface area (Å²) < 4.78 is 31.0. The number of halogens is 2. The molecule has 146 valence electrons. The molecule has 2 atom stereocenters. The summed E-state index contributed by atoms with van der Waals surface area (Å²) in [6, 6.07) is -1.32. The van der Waals surface area contributed by atoms with Gasteiger partial charge in [-0.3, -0.25) is 14.4 Å². The lowest BCUT2D eigenvalue weighted by atomic mass is 9.94. The number of amides is 3. The van der Waals surface area contributed by atoms with Crippen LogP contribution in [-0.2, 0) is 19.1 Å². The molecule has 26 heavy (non-hydrogen) atoms. The fourth-order valence-electron chi connectivity index (χ4n) is 2.80. The zero-order valence-electron chi connectivity index (χ0n) is 14.9. The van der Waals surface area contributed by atoms with Crippen LogP contribution in [0.1, 0.15) is 33.6 Å². The second-order valence-electron chi connectivity index (χ2n) is 7.59. The fraction of sp³-hybridized carbons (Fsp3) is 0.750. The number of alkyl halides is 2. The number of likely N-dealkylation sites (tertiary alicyclic amines) is 1. The van der Waals surface area contributed by atoms with Gasteiger partial charge in [0.2, 0.25) is 11.7 Å². The first kappa shape index (κ1) is 20.1. The van der Waals surface area contributed by atoms with E-state index in [2.05, 4.69) is 10.6 Å². The van der Waals surface area contributed by atoms with E-state index in [-0.39, 0.29) is 12.3 Å². The molecule has 0 saturated carbocycles. The van der Waals surface area contributed by atoms with Gasteiger partial charge >= 0.3 is 6.09 Å². The van der Waals surface area contributed by atoms with Crippen LogP contribution in [-0.4, -0.2) is 65.8 Å². The molecular weight excluding hydrogens is 352 g/mol. The van der Waals surface area contributed by atoms with E-state index >= 15 is 0 Å². The normalized spacial score (nSPS) is 22.9. The quantitative estimate of drug-likeness (QED) is 0.679. The minimum atomic E-state index is -3.00. The summed E-state index contributed by atoms with van der Waals surface area (Å²) in [6.45, 7) is 3.65. The highest BCUT2D eigenvalue weighted by atomic mass is 19.3. The number of Topliss-reactive ketones (excluding diaryl/α,β-unsaturated/α-hetero) is 1. The zero-order valence-corrected chi connectivity index (χ0v) is 14.9. The summed E-state index contributed by atoms with van der Waals surface area (Å²) in [6.07, 6.45) is -0.565. The van der Waals surface area contributed by atoms with Crippen LogP contribution in [0.2, 0.25) is 0 Å². The Kier molecular flexibility index (Phi) is 5.52. The first-order valence-electron chi connectivity index (χ1n) is 8.36. The van der Waals surface area contributed by atoms with Gasteiger partial charge in [-0.25, -0.2) is 13.6 Å². The lowest BCUT2D eigenvalue weighted by Gasteiger charge is -2.38. The Morgan fingerprint density at radius 1 is 1.35 bits per heavy atom. The summed E-state index contributed by atoms with van der Waals surface area (Å²) in [5, 5.41) is 4.90. The van der Waals surface area contributed by atoms with Gasteiger partial charge in [0.05, 0.1) is 13.1 Å². The fourth-order valence-corrected chi connectivity index (χ4v) is 2.80. The predicted molar refractivity (Wildman–Crippen MR) is 85.4 cm³/mol. The monoisotopic (exact) mass is 375 g/mol. The van der Waals surface area contributed by atoms with Crippen LogP contribution < -0.4 is 10.6 Å². The van der Waals surface area contributed by atoms with Gasteiger partial charge in [0, 0.05) is 12.5 Å². The molecule has 10 heteroatoms. The molecule has 2 saturated heterocycles. The predicted octanol–water partition coefficient (Wildman–Crippen LogP) is 0.453. The second kappa shape index (κ2) is 7.16. The molecule has 0 aromatic rings. The number of rotatable bonds is 5. The number of ether oxygens (including phenoxy) is 1. The van der Waals surface area contributed by atoms with Crippen molar-refractivity contribution in [3.8, 4) is 0 Å². The van der Waals surface area contributed by atoms with E-state index in [1.54, 1.807) is 20.8 Å². The van der Waals surface area contributed by atoms with Crippen LogP contribution in [0.15, 0.2) is 0 Å². The van der Waals surface area contributed by atoms with Crippen LogP contribution in [0.4, 0.5) is 13.6 Å². The highest BCUT2D eigenvalue weighted by Gasteiger charge is 2.49. The number of hydrogen-bond acceptors (Lipinski definition) is 5.